The van der Waals surface area contributed by atoms with Crippen LogP contribution >= 0.6 is 0 Å². The second-order valence-corrected chi connectivity index (χ2v) is 6.58. The van der Waals surface area contributed by atoms with Crippen molar-refractivity contribution in [1.29, 1.82) is 0 Å². The van der Waals surface area contributed by atoms with Crippen LogP contribution in [-0.2, 0) is 6.61 Å². The summed E-state index contributed by atoms with van der Waals surface area (Å²) >= 11 is 0. The molecule has 0 saturated carbocycles. The summed E-state index contributed by atoms with van der Waals surface area (Å²) in [5.41, 5.74) is 3.54. The number of hydrogen-bond donors (Lipinski definition) is 2. The van der Waals surface area contributed by atoms with Crippen molar-refractivity contribution in [2.45, 2.75) is 6.61 Å². The molecule has 0 spiro atoms. The van der Waals surface area contributed by atoms with Gasteiger partial charge in [-0.3, -0.25) is 0 Å². The van der Waals surface area contributed by atoms with Crippen LogP contribution in [0, 0.1) is 0 Å². The summed E-state index contributed by atoms with van der Waals surface area (Å²) in [6, 6.07) is 13.7. The fourth-order valence-electron chi connectivity index (χ4n) is 3.05. The number of anilines is 2. The van der Waals surface area contributed by atoms with Crippen molar-refractivity contribution in [2.75, 3.05) is 38.0 Å². The van der Waals surface area contributed by atoms with Crippen LogP contribution in [0.2, 0.25) is 0 Å². The van der Waals surface area contributed by atoms with Crippen LogP contribution in [0.15, 0.2) is 42.5 Å². The third kappa shape index (κ3) is 3.31. The van der Waals surface area contributed by atoms with Crippen LogP contribution < -0.4 is 14.5 Å². The highest BCUT2D eigenvalue weighted by Gasteiger charge is 2.22. The summed E-state index contributed by atoms with van der Waals surface area (Å²) in [7, 11) is 7.55. The second kappa shape index (κ2) is 7.00. The molecule has 0 unspecified atom stereocenters. The molecule has 0 aliphatic rings. The van der Waals surface area contributed by atoms with E-state index in [4.69, 9.17) is 4.74 Å². The van der Waals surface area contributed by atoms with Crippen LogP contribution in [0.4, 0.5) is 11.4 Å². The van der Waals surface area contributed by atoms with Crippen LogP contribution in [0.3, 0.4) is 0 Å². The van der Waals surface area contributed by atoms with Gasteiger partial charge in [0.25, 0.3) is 0 Å². The zero-order valence-corrected chi connectivity index (χ0v) is 15.4. The second-order valence-electron chi connectivity index (χ2n) is 6.58. The predicted octanol–water partition coefficient (Wildman–Crippen LogP) is 3.58. The summed E-state index contributed by atoms with van der Waals surface area (Å²) in [4.78, 5) is 18.5. The highest BCUT2D eigenvalue weighted by molar-refractivity contribution is 6.11. The lowest BCUT2D eigenvalue weighted by Gasteiger charge is -2.19. The molecule has 0 fully saturated rings. The van der Waals surface area contributed by atoms with E-state index in [9.17, 15) is 9.90 Å². The fourth-order valence-corrected chi connectivity index (χ4v) is 3.05. The van der Waals surface area contributed by atoms with Gasteiger partial charge < -0.3 is 24.6 Å². The van der Waals surface area contributed by atoms with Gasteiger partial charge in [-0.05, 0) is 5.56 Å². The molecule has 2 aromatic carbocycles. The molecule has 0 atom stereocenters. The van der Waals surface area contributed by atoms with E-state index in [-0.39, 0.29) is 5.69 Å². The fraction of sp³-hybridized carbons (Fsp3) is 0.250. The summed E-state index contributed by atoms with van der Waals surface area (Å²) in [6.07, 6.45) is 0. The molecule has 136 valence electrons. The van der Waals surface area contributed by atoms with E-state index in [0.29, 0.717) is 18.0 Å². The Morgan fingerprint density at radius 2 is 1.77 bits per heavy atom. The number of carbonyl (C=O) groups is 1. The monoisotopic (exact) mass is 353 g/mol. The molecule has 3 aromatic rings. The number of aromatic carboxylic acids is 1. The largest absolute Gasteiger partial charge is 0.489 e. The van der Waals surface area contributed by atoms with Crippen molar-refractivity contribution in [2.24, 2.45) is 0 Å². The zero-order valence-electron chi connectivity index (χ0n) is 15.4. The molecule has 3 rings (SSSR count). The number of rotatable bonds is 6. The molecule has 1 heterocycles. The number of nitrogens with zero attached hydrogens (tertiary/aromatic N) is 2. The highest BCUT2D eigenvalue weighted by Crippen LogP contribution is 2.39. The SMILES string of the molecule is CN(C)c1cc(OCc2ccccc2)cc2[nH]c(C(=O)O)c(N(C)C)c12. The number of benzene rings is 2. The van der Waals surface area contributed by atoms with Gasteiger partial charge in [0.15, 0.2) is 0 Å². The van der Waals surface area contributed by atoms with E-state index in [1.165, 1.54) is 0 Å². The number of carboxylic acid groups (broad SMARTS) is 1. The normalized spacial score (nSPS) is 10.8. The quantitative estimate of drug-likeness (QED) is 0.709. The number of fused-ring (bicyclic) bond motifs is 1. The number of H-pyrrole nitrogens is 1. The molecule has 2 N–H and O–H groups in total. The third-order valence-electron chi connectivity index (χ3n) is 4.22. The molecule has 0 saturated heterocycles. The Morgan fingerprint density at radius 1 is 1.08 bits per heavy atom. The van der Waals surface area contributed by atoms with Gasteiger partial charge >= 0.3 is 5.97 Å². The van der Waals surface area contributed by atoms with Crippen molar-refractivity contribution in [3.8, 4) is 5.75 Å². The first-order chi connectivity index (χ1) is 12.4. The smallest absolute Gasteiger partial charge is 0.354 e. The molecular formula is C20H23N3O3. The Hall–Kier alpha value is -3.15. The number of nitrogens with one attached hydrogen (secondary N) is 1. The molecular weight excluding hydrogens is 330 g/mol. The van der Waals surface area contributed by atoms with Crippen molar-refractivity contribution >= 4 is 28.2 Å². The minimum absolute atomic E-state index is 0.174. The minimum atomic E-state index is -0.985. The van der Waals surface area contributed by atoms with Gasteiger partial charge in [-0.1, -0.05) is 30.3 Å². The highest BCUT2D eigenvalue weighted by atomic mass is 16.5. The Kier molecular flexibility index (Phi) is 4.75. The topological polar surface area (TPSA) is 68.8 Å². The van der Waals surface area contributed by atoms with E-state index in [2.05, 4.69) is 4.98 Å². The molecule has 0 aliphatic carbocycles. The summed E-state index contributed by atoms with van der Waals surface area (Å²) in [5, 5.41) is 10.4. The van der Waals surface area contributed by atoms with Crippen molar-refractivity contribution < 1.29 is 14.6 Å². The van der Waals surface area contributed by atoms with Gasteiger partial charge in [0, 0.05) is 45.7 Å². The summed E-state index contributed by atoms with van der Waals surface area (Å²) < 4.78 is 5.95. The maximum absolute atomic E-state index is 11.7. The van der Waals surface area contributed by atoms with E-state index in [1.54, 1.807) is 0 Å². The van der Waals surface area contributed by atoms with Gasteiger partial charge in [-0.2, -0.15) is 0 Å². The summed E-state index contributed by atoms with van der Waals surface area (Å²) in [5.74, 6) is -0.296. The van der Waals surface area contributed by atoms with Gasteiger partial charge in [0.2, 0.25) is 0 Å². The van der Waals surface area contributed by atoms with E-state index in [1.807, 2.05) is 80.5 Å². The van der Waals surface area contributed by atoms with E-state index in [0.717, 1.165) is 22.2 Å². The van der Waals surface area contributed by atoms with E-state index >= 15 is 0 Å². The minimum Gasteiger partial charge on any atom is -0.489 e. The lowest BCUT2D eigenvalue weighted by molar-refractivity contribution is 0.0692. The number of aromatic amines is 1. The lowest BCUT2D eigenvalue weighted by Crippen LogP contribution is -2.14. The maximum atomic E-state index is 11.7. The molecule has 0 amide bonds. The van der Waals surface area contributed by atoms with Gasteiger partial charge in [-0.15, -0.1) is 0 Å². The first-order valence-corrected chi connectivity index (χ1v) is 8.33. The molecule has 6 nitrogen and oxygen atoms in total. The molecule has 0 aliphatic heterocycles. The molecule has 0 radical (unpaired) electrons. The molecule has 0 bridgehead atoms. The maximum Gasteiger partial charge on any atom is 0.354 e. The zero-order chi connectivity index (χ0) is 18.8. The summed E-state index contributed by atoms with van der Waals surface area (Å²) in [6.45, 7) is 0.451. The van der Waals surface area contributed by atoms with E-state index < -0.39 is 5.97 Å². The van der Waals surface area contributed by atoms with Crippen LogP contribution in [-0.4, -0.2) is 44.3 Å². The van der Waals surface area contributed by atoms with Crippen LogP contribution in [0.1, 0.15) is 16.1 Å². The van der Waals surface area contributed by atoms with Gasteiger partial charge in [-0.25, -0.2) is 4.79 Å². The molecule has 26 heavy (non-hydrogen) atoms. The van der Waals surface area contributed by atoms with Gasteiger partial charge in [0.05, 0.1) is 16.9 Å². The third-order valence-corrected chi connectivity index (χ3v) is 4.22. The Bertz CT molecular complexity index is 930. The molecule has 1 aromatic heterocycles. The van der Waals surface area contributed by atoms with Crippen molar-refractivity contribution in [3.05, 3.63) is 53.7 Å². The Morgan fingerprint density at radius 3 is 2.35 bits per heavy atom. The lowest BCUT2D eigenvalue weighted by atomic mass is 10.1. The first kappa shape index (κ1) is 17.7. The van der Waals surface area contributed by atoms with Crippen molar-refractivity contribution in [3.63, 3.8) is 0 Å². The number of hydrogen-bond acceptors (Lipinski definition) is 4. The average Bonchev–Trinajstić information content (AvgIpc) is 3.00. The Labute approximate surface area is 152 Å². The van der Waals surface area contributed by atoms with Crippen LogP contribution in [0.5, 0.6) is 5.75 Å². The number of carboxylic acids is 1. The van der Waals surface area contributed by atoms with Gasteiger partial charge in [0.1, 0.15) is 18.1 Å². The molecule has 6 heteroatoms. The number of aromatic nitrogens is 1. The Balaban J connectivity index is 2.09. The van der Waals surface area contributed by atoms with Crippen molar-refractivity contribution in [1.82, 2.24) is 4.98 Å². The average molecular weight is 353 g/mol. The van der Waals surface area contributed by atoms with Crippen LogP contribution in [0.25, 0.3) is 10.9 Å². The number of ether oxygens (including phenoxy) is 1. The standard InChI is InChI=1S/C20H23N3O3/c1-22(2)16-11-14(26-12-13-8-6-5-7-9-13)10-15-17(16)19(23(3)4)18(21-15)20(24)25/h5-11,21H,12H2,1-4H3,(H,24,25). The first-order valence-electron chi connectivity index (χ1n) is 8.33. The predicted molar refractivity (Wildman–Crippen MR) is 105 cm³/mol.